The second kappa shape index (κ2) is 18.9. The van der Waals surface area contributed by atoms with Crippen LogP contribution in [-0.4, -0.2) is 160 Å². The van der Waals surface area contributed by atoms with E-state index in [1.807, 2.05) is 13.8 Å². The average Bonchev–Trinajstić information content (AvgIpc) is 4.02. The molecule has 6 N–H and O–H groups in total. The monoisotopic (exact) mass is 784 g/mol. The highest BCUT2D eigenvalue weighted by Crippen LogP contribution is 2.30. The Bertz CT molecular complexity index is 1550. The van der Waals surface area contributed by atoms with E-state index >= 15 is 0 Å². The summed E-state index contributed by atoms with van der Waals surface area (Å²) in [6.07, 6.45) is 6.82. The maximum Gasteiger partial charge on any atom is 0.246 e. The predicted molar refractivity (Wildman–Crippen MR) is 204 cm³/mol. The lowest BCUT2D eigenvalue weighted by molar-refractivity contribution is -0.151. The fraction of sp³-hybridized carbons (Fsp3) is 0.763. The molecule has 0 bridgehead atoms. The van der Waals surface area contributed by atoms with Gasteiger partial charge in [-0.25, -0.2) is 0 Å². The first-order valence-corrected chi connectivity index (χ1v) is 20.4. The van der Waals surface area contributed by atoms with Crippen molar-refractivity contribution in [3.8, 4) is 0 Å². The van der Waals surface area contributed by atoms with Crippen LogP contribution >= 0.6 is 0 Å². The van der Waals surface area contributed by atoms with Gasteiger partial charge in [-0.3, -0.25) is 38.6 Å². The highest BCUT2D eigenvalue weighted by molar-refractivity contribution is 5.98. The lowest BCUT2D eigenvalue weighted by atomic mass is 10.0. The summed E-state index contributed by atoms with van der Waals surface area (Å²) < 4.78 is 0. The van der Waals surface area contributed by atoms with Crippen molar-refractivity contribution in [1.82, 2.24) is 35.1 Å². The van der Waals surface area contributed by atoms with E-state index in [2.05, 4.69) is 15.6 Å². The van der Waals surface area contributed by atoms with Crippen LogP contribution in [-0.2, 0) is 38.4 Å². The molecule has 7 amide bonds. The first-order valence-electron chi connectivity index (χ1n) is 20.4. The molecule has 0 aromatic heterocycles. The Morgan fingerprint density at radius 1 is 0.643 bits per heavy atom. The standard InChI is InChI=1S/C38H60N10O8/c1-23(2)31(43-33(52)27-12-6-19-46(27)35(54)29-14-8-20-47(29)34(53)28-13-7-17-44(28)24(3)50)37(56)48-21-9-15-30(48)36(55)45-18-5-11-26(45)32(51)42-25(22-49)10-4-16-41-38(39)40/h22-23,25-31H,4-21H2,1-3H3,(H,42,51)(H,43,52)(H4,39,40,41)/t25-,26-,27-,28-,29-,30-,31-/m0/s1. The Hall–Kier alpha value is -4.77. The van der Waals surface area contributed by atoms with Gasteiger partial charge in [-0.15, -0.1) is 0 Å². The molecule has 0 aliphatic carbocycles. The van der Waals surface area contributed by atoms with Crippen LogP contribution < -0.4 is 22.1 Å². The molecule has 0 unspecified atom stereocenters. The number of hydrogen-bond donors (Lipinski definition) is 4. The first kappa shape index (κ1) is 42.4. The number of nitrogens with one attached hydrogen (secondary N) is 2. The lowest BCUT2D eigenvalue weighted by Gasteiger charge is -2.35. The SMILES string of the molecule is CC(=O)N1CCC[C@H]1C(=O)N1CCC[C@H]1C(=O)N1CCC[C@H]1C(=O)N[C@H](C(=O)N1CCC[C@H]1C(=O)N1CCC[C@H]1C(=O)N[C@H](C=O)CCCN=C(N)N)C(C)C. The Morgan fingerprint density at radius 3 is 1.52 bits per heavy atom. The number of aliphatic imine (C=N–C) groups is 1. The molecule has 310 valence electrons. The summed E-state index contributed by atoms with van der Waals surface area (Å²) >= 11 is 0. The minimum absolute atomic E-state index is 0.0591. The second-order valence-electron chi connectivity index (χ2n) is 16.1. The van der Waals surface area contributed by atoms with Gasteiger partial charge < -0.3 is 51.4 Å². The summed E-state index contributed by atoms with van der Waals surface area (Å²) in [6, 6.07) is -5.47. The highest BCUT2D eigenvalue weighted by Gasteiger charge is 2.47. The van der Waals surface area contributed by atoms with Crippen LogP contribution in [0.25, 0.3) is 0 Å². The van der Waals surface area contributed by atoms with Crippen molar-refractivity contribution in [3.05, 3.63) is 0 Å². The molecule has 18 heteroatoms. The minimum atomic E-state index is -0.970. The zero-order valence-electron chi connectivity index (χ0n) is 33.0. The van der Waals surface area contributed by atoms with E-state index < -0.39 is 60.0 Å². The molecular weight excluding hydrogens is 724 g/mol. The van der Waals surface area contributed by atoms with Gasteiger partial charge >= 0.3 is 0 Å². The maximum absolute atomic E-state index is 14.2. The minimum Gasteiger partial charge on any atom is -0.370 e. The Balaban J connectivity index is 1.21. The van der Waals surface area contributed by atoms with E-state index in [-0.39, 0.29) is 35.5 Å². The van der Waals surface area contributed by atoms with E-state index in [0.29, 0.717) is 116 Å². The van der Waals surface area contributed by atoms with Gasteiger partial charge in [0.25, 0.3) is 0 Å². The van der Waals surface area contributed by atoms with Crippen molar-refractivity contribution in [2.45, 2.75) is 140 Å². The number of rotatable bonds is 14. The maximum atomic E-state index is 14.2. The molecule has 7 atom stereocenters. The zero-order valence-corrected chi connectivity index (χ0v) is 33.0. The number of nitrogens with zero attached hydrogens (tertiary/aromatic N) is 6. The molecule has 0 aromatic rings. The fourth-order valence-corrected chi connectivity index (χ4v) is 9.07. The largest absolute Gasteiger partial charge is 0.370 e. The van der Waals surface area contributed by atoms with Crippen molar-refractivity contribution in [3.63, 3.8) is 0 Å². The average molecular weight is 785 g/mol. The third-order valence-corrected chi connectivity index (χ3v) is 12.0. The van der Waals surface area contributed by atoms with Crippen LogP contribution in [0.2, 0.25) is 0 Å². The quantitative estimate of drug-likeness (QED) is 0.0713. The van der Waals surface area contributed by atoms with E-state index in [0.717, 1.165) is 6.42 Å². The van der Waals surface area contributed by atoms with Crippen molar-refractivity contribution >= 4 is 53.6 Å². The summed E-state index contributed by atoms with van der Waals surface area (Å²) in [5.74, 6) is -2.73. The molecule has 5 fully saturated rings. The number of carbonyl (C=O) groups is 8. The molecule has 0 spiro atoms. The van der Waals surface area contributed by atoms with Gasteiger partial charge in [0.1, 0.15) is 42.5 Å². The Morgan fingerprint density at radius 2 is 1.05 bits per heavy atom. The number of aldehydes is 1. The molecule has 5 aliphatic heterocycles. The van der Waals surface area contributed by atoms with Gasteiger partial charge in [0.05, 0.1) is 6.04 Å². The zero-order chi connectivity index (χ0) is 40.7. The van der Waals surface area contributed by atoms with Gasteiger partial charge in [0, 0.05) is 46.2 Å². The van der Waals surface area contributed by atoms with Crippen LogP contribution in [0.5, 0.6) is 0 Å². The lowest BCUT2D eigenvalue weighted by Crippen LogP contribution is -2.60. The van der Waals surface area contributed by atoms with Crippen LogP contribution in [0.15, 0.2) is 4.99 Å². The van der Waals surface area contributed by atoms with Crippen LogP contribution in [0.3, 0.4) is 0 Å². The number of hydrogen-bond acceptors (Lipinski definition) is 9. The van der Waals surface area contributed by atoms with E-state index in [1.54, 1.807) is 9.80 Å². The first-order chi connectivity index (χ1) is 26.7. The molecule has 5 aliphatic rings. The van der Waals surface area contributed by atoms with Crippen LogP contribution in [0.4, 0.5) is 0 Å². The van der Waals surface area contributed by atoms with Gasteiger partial charge in [0.2, 0.25) is 41.4 Å². The van der Waals surface area contributed by atoms with Crippen LogP contribution in [0.1, 0.15) is 97.8 Å². The summed E-state index contributed by atoms with van der Waals surface area (Å²) in [7, 11) is 0. The van der Waals surface area contributed by atoms with E-state index in [9.17, 15) is 38.4 Å². The molecule has 56 heavy (non-hydrogen) atoms. The molecular formula is C38H60N10O8. The third kappa shape index (κ3) is 9.42. The van der Waals surface area contributed by atoms with Gasteiger partial charge in [-0.1, -0.05) is 13.8 Å². The summed E-state index contributed by atoms with van der Waals surface area (Å²) in [5.41, 5.74) is 10.7. The number of carbonyl (C=O) groups excluding carboxylic acids is 8. The molecule has 0 saturated carbocycles. The summed E-state index contributed by atoms with van der Waals surface area (Å²) in [5, 5.41) is 5.67. The highest BCUT2D eigenvalue weighted by atomic mass is 16.2. The Kier molecular flexibility index (Phi) is 14.3. The molecule has 0 aromatic carbocycles. The summed E-state index contributed by atoms with van der Waals surface area (Å²) in [4.78, 5) is 119. The van der Waals surface area contributed by atoms with Gasteiger partial charge in [-0.2, -0.15) is 0 Å². The van der Waals surface area contributed by atoms with Crippen molar-refractivity contribution < 1.29 is 38.4 Å². The van der Waals surface area contributed by atoms with Crippen LogP contribution in [0, 0.1) is 5.92 Å². The van der Waals surface area contributed by atoms with Crippen molar-refractivity contribution in [2.75, 3.05) is 39.3 Å². The third-order valence-electron chi connectivity index (χ3n) is 12.0. The number of likely N-dealkylation sites (tertiary alicyclic amines) is 5. The van der Waals surface area contributed by atoms with Crippen molar-refractivity contribution in [1.29, 1.82) is 0 Å². The molecule has 5 heterocycles. The Labute approximate surface area is 328 Å². The number of amides is 7. The second-order valence-corrected chi connectivity index (χ2v) is 16.1. The molecule has 18 nitrogen and oxygen atoms in total. The van der Waals surface area contributed by atoms with Gasteiger partial charge in [0.15, 0.2) is 5.96 Å². The summed E-state index contributed by atoms with van der Waals surface area (Å²) in [6.45, 7) is 7.28. The van der Waals surface area contributed by atoms with E-state index in [4.69, 9.17) is 11.5 Å². The smallest absolute Gasteiger partial charge is 0.246 e. The number of nitrogens with two attached hydrogens (primary N) is 2. The topological polar surface area (TPSA) is 241 Å². The molecule has 5 rings (SSSR count). The van der Waals surface area contributed by atoms with Crippen molar-refractivity contribution in [2.24, 2.45) is 22.4 Å². The normalized spacial score (nSPS) is 26.0. The molecule has 5 saturated heterocycles. The van der Waals surface area contributed by atoms with Gasteiger partial charge in [-0.05, 0) is 83.0 Å². The number of guanidine groups is 1. The van der Waals surface area contributed by atoms with E-state index in [1.165, 1.54) is 21.6 Å². The predicted octanol–water partition coefficient (Wildman–Crippen LogP) is -1.16. The molecule has 0 radical (unpaired) electrons. The fourth-order valence-electron chi connectivity index (χ4n) is 9.07.